The summed E-state index contributed by atoms with van der Waals surface area (Å²) < 4.78 is 64.3. The van der Waals surface area contributed by atoms with Crippen LogP contribution < -0.4 is 10.6 Å². The topological polar surface area (TPSA) is 76.7 Å². The minimum absolute atomic E-state index is 0.0178. The molecule has 6 nitrogen and oxygen atoms in total. The van der Waals surface area contributed by atoms with Crippen molar-refractivity contribution in [2.75, 3.05) is 23.8 Å². The Balaban J connectivity index is 2.40. The quantitative estimate of drug-likeness (QED) is 0.276. The normalized spacial score (nSPS) is 10.5. The second-order valence-electron chi connectivity index (χ2n) is 5.62. The largest absolute Gasteiger partial charge is 0.462 e. The van der Waals surface area contributed by atoms with E-state index in [0.717, 1.165) is 11.3 Å². The zero-order valence-electron chi connectivity index (χ0n) is 16.0. The SMILES string of the molecule is CCOC(=O)c1sc(NC(=S)Nc2c(F)c(F)cc(F)c2F)c(C(=O)OCC)c1C. The first-order valence-corrected chi connectivity index (χ1v) is 9.73. The van der Waals surface area contributed by atoms with Gasteiger partial charge in [-0.1, -0.05) is 0 Å². The van der Waals surface area contributed by atoms with Gasteiger partial charge in [0, 0.05) is 6.07 Å². The van der Waals surface area contributed by atoms with Crippen molar-refractivity contribution in [1.29, 1.82) is 0 Å². The highest BCUT2D eigenvalue weighted by molar-refractivity contribution is 7.80. The van der Waals surface area contributed by atoms with Crippen molar-refractivity contribution in [1.82, 2.24) is 0 Å². The third kappa shape index (κ3) is 4.87. The van der Waals surface area contributed by atoms with Crippen molar-refractivity contribution in [2.24, 2.45) is 0 Å². The van der Waals surface area contributed by atoms with E-state index in [1.807, 2.05) is 5.32 Å². The molecule has 1 heterocycles. The maximum atomic E-state index is 13.8. The Kier molecular flexibility index (Phi) is 7.73. The fraction of sp³-hybridized carbons (Fsp3) is 0.278. The molecule has 0 radical (unpaired) electrons. The highest BCUT2D eigenvalue weighted by Crippen LogP contribution is 2.34. The maximum Gasteiger partial charge on any atom is 0.348 e. The monoisotopic (exact) mass is 464 g/mol. The van der Waals surface area contributed by atoms with Crippen LogP contribution in [0.15, 0.2) is 6.07 Å². The number of hydrogen-bond acceptors (Lipinski definition) is 6. The molecule has 2 N–H and O–H groups in total. The first-order chi connectivity index (χ1) is 14.1. The minimum Gasteiger partial charge on any atom is -0.462 e. The van der Waals surface area contributed by atoms with E-state index in [-0.39, 0.29) is 40.3 Å². The Labute approximate surface area is 178 Å². The average molecular weight is 464 g/mol. The second kappa shape index (κ2) is 9.85. The molecule has 162 valence electrons. The molecular weight excluding hydrogens is 448 g/mol. The van der Waals surface area contributed by atoms with E-state index in [1.54, 1.807) is 13.8 Å². The molecule has 0 aliphatic heterocycles. The van der Waals surface area contributed by atoms with Gasteiger partial charge in [-0.3, -0.25) is 0 Å². The number of benzene rings is 1. The van der Waals surface area contributed by atoms with Gasteiger partial charge in [-0.2, -0.15) is 0 Å². The van der Waals surface area contributed by atoms with Gasteiger partial charge >= 0.3 is 11.9 Å². The van der Waals surface area contributed by atoms with Gasteiger partial charge in [0.1, 0.15) is 15.6 Å². The first kappa shape index (κ1) is 23.5. The third-order valence-corrected chi connectivity index (χ3v) is 5.06. The van der Waals surface area contributed by atoms with Gasteiger partial charge in [0.2, 0.25) is 0 Å². The Morgan fingerprint density at radius 3 is 2.07 bits per heavy atom. The number of nitrogens with one attached hydrogen (secondary N) is 2. The van der Waals surface area contributed by atoms with Crippen LogP contribution in [0.3, 0.4) is 0 Å². The van der Waals surface area contributed by atoms with Crippen LogP contribution in [0.4, 0.5) is 28.3 Å². The zero-order valence-corrected chi connectivity index (χ0v) is 17.6. The molecule has 2 aromatic rings. The van der Waals surface area contributed by atoms with Gasteiger partial charge in [0.05, 0.1) is 18.8 Å². The number of thiophene rings is 1. The van der Waals surface area contributed by atoms with E-state index >= 15 is 0 Å². The Bertz CT molecular complexity index is 985. The number of ether oxygens (including phenoxy) is 2. The molecule has 0 atom stereocenters. The molecule has 0 saturated heterocycles. The van der Waals surface area contributed by atoms with Crippen LogP contribution >= 0.6 is 23.6 Å². The number of carbonyl (C=O) groups is 2. The highest BCUT2D eigenvalue weighted by Gasteiger charge is 2.27. The predicted octanol–water partition coefficient (Wildman–Crippen LogP) is 4.78. The number of hydrogen-bond donors (Lipinski definition) is 2. The second-order valence-corrected chi connectivity index (χ2v) is 7.05. The molecule has 0 aliphatic carbocycles. The molecule has 0 unspecified atom stereocenters. The summed E-state index contributed by atoms with van der Waals surface area (Å²) in [5, 5.41) is 4.05. The molecular formula is C18H16F4N2O4S2. The van der Waals surface area contributed by atoms with Gasteiger partial charge in [0.15, 0.2) is 28.4 Å². The van der Waals surface area contributed by atoms with E-state index in [9.17, 15) is 27.2 Å². The van der Waals surface area contributed by atoms with E-state index in [1.165, 1.54) is 6.92 Å². The van der Waals surface area contributed by atoms with Gasteiger partial charge in [-0.25, -0.2) is 27.2 Å². The third-order valence-electron chi connectivity index (χ3n) is 3.66. The standard InChI is InChI=1S/C18H16F4N2O4S2/c1-4-27-16(25)10-7(3)14(17(26)28-5-2)30-15(10)24-18(29)23-13-11(21)8(19)6-9(20)12(13)22/h6H,4-5H2,1-3H3,(H2,23,24,29). The smallest absolute Gasteiger partial charge is 0.348 e. The molecule has 0 spiro atoms. The Morgan fingerprint density at radius 2 is 1.53 bits per heavy atom. The molecule has 30 heavy (non-hydrogen) atoms. The molecule has 0 aliphatic rings. The van der Waals surface area contributed by atoms with E-state index in [2.05, 4.69) is 5.32 Å². The van der Waals surface area contributed by atoms with Gasteiger partial charge in [-0.05, 0) is 38.6 Å². The molecule has 1 aromatic heterocycles. The fourth-order valence-corrected chi connectivity index (χ4v) is 3.73. The van der Waals surface area contributed by atoms with Crippen LogP contribution in [0, 0.1) is 30.2 Å². The number of carbonyl (C=O) groups excluding carboxylic acids is 2. The average Bonchev–Trinajstić information content (AvgIpc) is 3.00. The summed E-state index contributed by atoms with van der Waals surface area (Å²) in [5.41, 5.74) is -0.946. The molecule has 2 rings (SSSR count). The Hall–Kier alpha value is -2.73. The lowest BCUT2D eigenvalue weighted by atomic mass is 10.1. The summed E-state index contributed by atoms with van der Waals surface area (Å²) in [4.78, 5) is 24.5. The number of esters is 2. The van der Waals surface area contributed by atoms with Crippen molar-refractivity contribution < 1.29 is 36.6 Å². The van der Waals surface area contributed by atoms with Gasteiger partial charge in [-0.15, -0.1) is 11.3 Å². The number of anilines is 2. The van der Waals surface area contributed by atoms with Crippen molar-refractivity contribution in [3.8, 4) is 0 Å². The summed E-state index contributed by atoms with van der Waals surface area (Å²) in [6.45, 7) is 4.81. The summed E-state index contributed by atoms with van der Waals surface area (Å²) in [6.07, 6.45) is 0. The molecule has 0 fully saturated rings. The van der Waals surface area contributed by atoms with Crippen molar-refractivity contribution in [3.63, 3.8) is 0 Å². The first-order valence-electron chi connectivity index (χ1n) is 8.50. The van der Waals surface area contributed by atoms with Crippen molar-refractivity contribution in [3.05, 3.63) is 45.3 Å². The minimum atomic E-state index is -1.68. The lowest BCUT2D eigenvalue weighted by molar-refractivity contribution is 0.0527. The summed E-state index contributed by atoms with van der Waals surface area (Å²) >= 11 is 5.73. The zero-order chi connectivity index (χ0) is 22.6. The lowest BCUT2D eigenvalue weighted by Gasteiger charge is -2.13. The van der Waals surface area contributed by atoms with Crippen LogP contribution in [0.1, 0.15) is 39.4 Å². The number of rotatable bonds is 6. The lowest BCUT2D eigenvalue weighted by Crippen LogP contribution is -2.22. The fourth-order valence-electron chi connectivity index (χ4n) is 2.37. The summed E-state index contributed by atoms with van der Waals surface area (Å²) in [7, 11) is 0. The van der Waals surface area contributed by atoms with Gasteiger partial charge in [0.25, 0.3) is 0 Å². The van der Waals surface area contributed by atoms with Crippen LogP contribution in [-0.4, -0.2) is 30.3 Å². The van der Waals surface area contributed by atoms with Crippen LogP contribution in [0.25, 0.3) is 0 Å². The molecule has 0 saturated carbocycles. The van der Waals surface area contributed by atoms with Crippen molar-refractivity contribution >= 4 is 51.3 Å². The predicted molar refractivity (Wildman–Crippen MR) is 107 cm³/mol. The molecule has 1 aromatic carbocycles. The van der Waals surface area contributed by atoms with Gasteiger partial charge < -0.3 is 20.1 Å². The summed E-state index contributed by atoms with van der Waals surface area (Å²) in [6, 6.07) is 0.0550. The highest BCUT2D eigenvalue weighted by atomic mass is 32.1. The molecule has 0 bridgehead atoms. The van der Waals surface area contributed by atoms with Crippen molar-refractivity contribution in [2.45, 2.75) is 20.8 Å². The maximum absolute atomic E-state index is 13.8. The van der Waals surface area contributed by atoms with E-state index < -0.39 is 46.0 Å². The number of thiocarbonyl (C=S) groups is 1. The van der Waals surface area contributed by atoms with E-state index in [0.29, 0.717) is 0 Å². The summed E-state index contributed by atoms with van der Waals surface area (Å²) in [5.74, 6) is -8.08. The molecule has 0 amide bonds. The Morgan fingerprint density at radius 1 is 1.00 bits per heavy atom. The van der Waals surface area contributed by atoms with Crippen LogP contribution in [0.5, 0.6) is 0 Å². The molecule has 12 heteroatoms. The number of halogens is 4. The van der Waals surface area contributed by atoms with Crippen LogP contribution in [-0.2, 0) is 9.47 Å². The van der Waals surface area contributed by atoms with Crippen LogP contribution in [0.2, 0.25) is 0 Å². The van der Waals surface area contributed by atoms with E-state index in [4.69, 9.17) is 21.7 Å².